The van der Waals surface area contributed by atoms with Crippen LogP contribution in [0.5, 0.6) is 0 Å². The molecule has 4 rings (SSSR count). The van der Waals surface area contributed by atoms with Crippen molar-refractivity contribution in [2.24, 2.45) is 23.3 Å². The topological polar surface area (TPSA) is 52.0 Å². The molecule has 0 amide bonds. The Morgan fingerprint density at radius 1 is 0.676 bits per heavy atom. The van der Waals surface area contributed by atoms with Gasteiger partial charge >= 0.3 is 0 Å². The third-order valence-electron chi connectivity index (χ3n) is 13.6. The summed E-state index contributed by atoms with van der Waals surface area (Å²) >= 11 is 0. The van der Waals surface area contributed by atoms with Crippen LogP contribution in [0.15, 0.2) is 196 Å². The van der Waals surface area contributed by atoms with Crippen LogP contribution in [0.3, 0.4) is 0 Å². The van der Waals surface area contributed by atoms with E-state index in [-0.39, 0.29) is 0 Å². The number of aryl methyl sites for hydroxylation is 1. The number of hydrogen-bond donors (Lipinski definition) is 2. The number of allylic oxidation sites excluding steroid dienone is 23. The van der Waals surface area contributed by atoms with Crippen molar-refractivity contribution in [1.82, 2.24) is 0 Å². The van der Waals surface area contributed by atoms with E-state index in [4.69, 9.17) is 11.5 Å². The normalized spacial score (nSPS) is 16.4. The number of unbranched alkanes of at least 4 members (excludes halogenated alkanes) is 7. The van der Waals surface area contributed by atoms with Crippen LogP contribution >= 0.6 is 0 Å². The molecule has 0 fully saturated rings. The van der Waals surface area contributed by atoms with Gasteiger partial charge in [-0.05, 0) is 181 Å². The van der Waals surface area contributed by atoms with E-state index in [0.29, 0.717) is 11.8 Å². The molecule has 0 aliphatic heterocycles. The number of rotatable bonds is 23. The van der Waals surface area contributed by atoms with Crippen LogP contribution < -0.4 is 11.5 Å². The van der Waals surface area contributed by atoms with Crippen LogP contribution in [-0.4, -0.2) is 5.66 Å². The average Bonchev–Trinajstić information content (AvgIpc) is 3.62. The van der Waals surface area contributed by atoms with Crippen molar-refractivity contribution in [1.29, 1.82) is 0 Å². The first-order chi connectivity index (χ1) is 35.4. The lowest BCUT2D eigenvalue weighted by atomic mass is 9.85. The fraction of sp³-hybridized carbons (Fsp3) is 0.500. The molecule has 412 valence electrons. The molecule has 4 N–H and O–H groups in total. The zero-order chi connectivity index (χ0) is 56.5. The van der Waals surface area contributed by atoms with Crippen LogP contribution in [0.1, 0.15) is 225 Å². The van der Waals surface area contributed by atoms with Gasteiger partial charge < -0.3 is 11.5 Å². The van der Waals surface area contributed by atoms with Gasteiger partial charge in [-0.1, -0.05) is 245 Å². The van der Waals surface area contributed by atoms with Crippen LogP contribution in [0.4, 0.5) is 0 Å². The van der Waals surface area contributed by atoms with Gasteiger partial charge in [0.05, 0.1) is 0 Å². The van der Waals surface area contributed by atoms with E-state index in [1.54, 1.807) is 0 Å². The van der Waals surface area contributed by atoms with Crippen LogP contribution in [-0.2, 0) is 0 Å². The van der Waals surface area contributed by atoms with E-state index >= 15 is 0 Å². The molecular formula is C72H114N2. The Morgan fingerprint density at radius 2 is 1.26 bits per heavy atom. The van der Waals surface area contributed by atoms with E-state index in [0.717, 1.165) is 48.0 Å². The Balaban J connectivity index is 0. The van der Waals surface area contributed by atoms with E-state index in [9.17, 15) is 0 Å². The first-order valence-corrected chi connectivity index (χ1v) is 29.2. The quantitative estimate of drug-likeness (QED) is 0.0497. The lowest BCUT2D eigenvalue weighted by Gasteiger charge is -2.27. The monoisotopic (exact) mass is 1010 g/mol. The van der Waals surface area contributed by atoms with Crippen LogP contribution in [0.25, 0.3) is 5.57 Å². The van der Waals surface area contributed by atoms with Crippen molar-refractivity contribution < 1.29 is 0 Å². The first-order valence-electron chi connectivity index (χ1n) is 29.2. The number of hydrogen-bond acceptors (Lipinski definition) is 2. The number of benzene rings is 1. The van der Waals surface area contributed by atoms with Gasteiger partial charge in [-0.2, -0.15) is 0 Å². The molecule has 2 heteroatoms. The minimum Gasteiger partial charge on any atom is -0.306 e. The molecule has 1 aromatic carbocycles. The maximum atomic E-state index is 6.94. The van der Waals surface area contributed by atoms with E-state index in [1.165, 1.54) is 133 Å². The van der Waals surface area contributed by atoms with Gasteiger partial charge in [0.15, 0.2) is 0 Å². The lowest BCUT2D eigenvalue weighted by Crippen LogP contribution is -2.51. The minimum absolute atomic E-state index is 0.589. The summed E-state index contributed by atoms with van der Waals surface area (Å²) in [5.74, 6) is 1.29. The Kier molecular flexibility index (Phi) is 41.9. The molecule has 0 saturated heterocycles. The van der Waals surface area contributed by atoms with E-state index < -0.39 is 5.66 Å². The Morgan fingerprint density at radius 3 is 1.76 bits per heavy atom. The molecule has 3 aliphatic carbocycles. The fourth-order valence-electron chi connectivity index (χ4n) is 8.14. The van der Waals surface area contributed by atoms with Gasteiger partial charge in [0.25, 0.3) is 0 Å². The highest BCUT2D eigenvalue weighted by Crippen LogP contribution is 2.45. The molecule has 0 spiro atoms. The molecule has 74 heavy (non-hydrogen) atoms. The van der Waals surface area contributed by atoms with Gasteiger partial charge in [0.1, 0.15) is 5.66 Å². The van der Waals surface area contributed by atoms with Gasteiger partial charge in [-0.25, -0.2) is 0 Å². The summed E-state index contributed by atoms with van der Waals surface area (Å²) < 4.78 is 0. The second kappa shape index (κ2) is 43.5. The highest BCUT2D eigenvalue weighted by Gasteiger charge is 2.39. The molecule has 0 heterocycles. The summed E-state index contributed by atoms with van der Waals surface area (Å²) in [5.41, 5.74) is 30.3. The van der Waals surface area contributed by atoms with Crippen LogP contribution in [0.2, 0.25) is 0 Å². The number of nitrogens with two attached hydrogens (primary N) is 2. The molecule has 0 bridgehead atoms. The molecule has 0 radical (unpaired) electrons. The zero-order valence-electron chi connectivity index (χ0n) is 51.2. The van der Waals surface area contributed by atoms with Gasteiger partial charge in [-0.3, -0.25) is 0 Å². The molecule has 2 nitrogen and oxygen atoms in total. The Labute approximate surface area is 460 Å². The van der Waals surface area contributed by atoms with Gasteiger partial charge in [-0.15, -0.1) is 19.7 Å². The predicted octanol–water partition coefficient (Wildman–Crippen LogP) is 22.5. The summed E-state index contributed by atoms with van der Waals surface area (Å²) in [4.78, 5) is 0. The fourth-order valence-corrected chi connectivity index (χ4v) is 8.14. The average molecular weight is 1010 g/mol. The van der Waals surface area contributed by atoms with E-state index in [1.807, 2.05) is 39.8 Å². The maximum absolute atomic E-state index is 6.94. The van der Waals surface area contributed by atoms with Crippen molar-refractivity contribution in [3.05, 3.63) is 208 Å². The molecule has 0 saturated carbocycles. The smallest absolute Gasteiger partial charge is 0.117 e. The maximum Gasteiger partial charge on any atom is 0.117 e. The SMILES string of the molecule is C/C=C\C1=C(/C=C/C(C)=C/C=C(\C)c2ccc(C)cc2)C(N)(N)C2=C1CCC(/C(C)=C/C=C(\C)C1=CC=C(C)CC1)=C2.C=C(C)CCCCCC.C=CC(/C=C/CCCCCC)CC.C=CC(C)CC.CC.CC. The van der Waals surface area contributed by atoms with Crippen LogP contribution in [0, 0.1) is 18.8 Å². The summed E-state index contributed by atoms with van der Waals surface area (Å²) in [6.45, 7) is 47.4. The van der Waals surface area contributed by atoms with Crippen molar-refractivity contribution in [3.8, 4) is 0 Å². The summed E-state index contributed by atoms with van der Waals surface area (Å²) in [7, 11) is 0. The Hall–Kier alpha value is -4.76. The molecule has 0 aromatic heterocycles. The second-order valence-electron chi connectivity index (χ2n) is 20.1. The Bertz CT molecular complexity index is 2150. The van der Waals surface area contributed by atoms with E-state index in [2.05, 4.69) is 213 Å². The predicted molar refractivity (Wildman–Crippen MR) is 341 cm³/mol. The third-order valence-corrected chi connectivity index (χ3v) is 13.6. The highest BCUT2D eigenvalue weighted by atomic mass is 15.0. The molecule has 2 atom stereocenters. The zero-order valence-corrected chi connectivity index (χ0v) is 51.2. The largest absolute Gasteiger partial charge is 0.306 e. The summed E-state index contributed by atoms with van der Waals surface area (Å²) in [5, 5.41) is 0. The minimum atomic E-state index is -1.04. The van der Waals surface area contributed by atoms with Crippen molar-refractivity contribution in [2.45, 2.75) is 226 Å². The van der Waals surface area contributed by atoms with Crippen molar-refractivity contribution in [2.75, 3.05) is 0 Å². The first kappa shape index (κ1) is 71.3. The second-order valence-corrected chi connectivity index (χ2v) is 20.1. The molecular weight excluding hydrogens is 893 g/mol. The summed E-state index contributed by atoms with van der Waals surface area (Å²) in [6.07, 6.45) is 52.6. The standard InChI is InChI=1S/C40H48N2.C13H24.C9H18.C6H12.2C2H6/c1-8-9-36-37-24-23-35(32(7)18-17-31(6)34-21-13-29(4)14-22-34)26-39(37)40(41,42)38(36)25-15-27(2)10-16-30(5)33-19-11-28(3)12-20-33;1-4-7-8-9-10-11-12-13(5-2)6-3;1-4-5-6-7-8-9(2)3;1-4-6(3)5-2;2*1-2/h8-13,15-21,25-26H,14,22-24,41-42H2,1-7H3;5,11-13H,2,4,6-10H2,1,3H3;2,4-8H2,1,3H3;4,6H,1,5H2,2-3H3;2*1-2H3/b9-8-,25-15+,27-10+,30-16+,31-17+,32-18+;12-11+;;;;. The lowest BCUT2D eigenvalue weighted by molar-refractivity contribution is 0.638. The third kappa shape index (κ3) is 29.4. The van der Waals surface area contributed by atoms with Crippen molar-refractivity contribution in [3.63, 3.8) is 0 Å². The van der Waals surface area contributed by atoms with Gasteiger partial charge in [0, 0.05) is 0 Å². The molecule has 3 aliphatic rings. The molecule has 2 unspecified atom stereocenters. The molecule has 1 aromatic rings. The van der Waals surface area contributed by atoms with Crippen molar-refractivity contribution >= 4 is 5.57 Å². The summed E-state index contributed by atoms with van der Waals surface area (Å²) in [6, 6.07) is 8.64. The van der Waals surface area contributed by atoms with Gasteiger partial charge in [0.2, 0.25) is 0 Å². The highest BCUT2D eigenvalue weighted by molar-refractivity contribution is 5.69.